The Morgan fingerprint density at radius 2 is 2.06 bits per heavy atom. The number of hydrogen-bond donors (Lipinski definition) is 1. The van der Waals surface area contributed by atoms with E-state index in [0.29, 0.717) is 41.1 Å². The molecule has 2 aliphatic rings. The first kappa shape index (κ1) is 21.3. The Balaban J connectivity index is 1.29. The van der Waals surface area contributed by atoms with Gasteiger partial charge in [0.25, 0.3) is 5.91 Å². The number of fused-ring (bicyclic) bond motifs is 1. The first-order valence-electron chi connectivity index (χ1n) is 11.1. The van der Waals surface area contributed by atoms with Crippen LogP contribution < -0.4 is 5.32 Å². The number of allylic oxidation sites excluding steroid dienone is 1. The largest absolute Gasteiger partial charge is 0.349 e. The highest BCUT2D eigenvalue weighted by Crippen LogP contribution is 2.32. The number of hydrogen-bond acceptors (Lipinski definition) is 5. The molecule has 0 bridgehead atoms. The van der Waals surface area contributed by atoms with Crippen LogP contribution in [0.25, 0.3) is 5.57 Å². The summed E-state index contributed by atoms with van der Waals surface area (Å²) in [7, 11) is 0. The highest BCUT2D eigenvalue weighted by molar-refractivity contribution is 5.94. The summed E-state index contributed by atoms with van der Waals surface area (Å²) in [6.45, 7) is 0. The van der Waals surface area contributed by atoms with Crippen LogP contribution in [-0.4, -0.2) is 31.9 Å². The Labute approximate surface area is 190 Å². The summed E-state index contributed by atoms with van der Waals surface area (Å²) in [5, 5.41) is 3.08. The number of aromatic nitrogens is 4. The zero-order chi connectivity index (χ0) is 22.8. The van der Waals surface area contributed by atoms with Crippen LogP contribution in [0, 0.1) is 17.6 Å². The van der Waals surface area contributed by atoms with Crippen LogP contribution in [0.3, 0.4) is 0 Å². The van der Waals surface area contributed by atoms with Crippen LogP contribution in [0.4, 0.5) is 8.78 Å². The minimum atomic E-state index is -0.448. The molecule has 1 N–H and O–H groups in total. The molecule has 8 heteroatoms. The number of halogens is 2. The van der Waals surface area contributed by atoms with Gasteiger partial charge in [-0.1, -0.05) is 12.5 Å². The van der Waals surface area contributed by atoms with Gasteiger partial charge in [-0.2, -0.15) is 0 Å². The molecule has 0 aliphatic heterocycles. The molecule has 1 saturated carbocycles. The second-order valence-corrected chi connectivity index (χ2v) is 8.61. The predicted octanol–water partition coefficient (Wildman–Crippen LogP) is 4.06. The molecule has 6 nitrogen and oxygen atoms in total. The molecule has 1 fully saturated rings. The predicted molar refractivity (Wildman–Crippen MR) is 118 cm³/mol. The lowest BCUT2D eigenvalue weighted by Crippen LogP contribution is -2.38. The van der Waals surface area contributed by atoms with E-state index in [0.717, 1.165) is 31.4 Å². The summed E-state index contributed by atoms with van der Waals surface area (Å²) in [6.07, 6.45) is 12.0. The van der Waals surface area contributed by atoms with E-state index in [2.05, 4.69) is 25.3 Å². The number of pyridine rings is 2. The molecule has 168 valence electrons. The summed E-state index contributed by atoms with van der Waals surface area (Å²) < 4.78 is 28.3. The van der Waals surface area contributed by atoms with Crippen LogP contribution >= 0.6 is 0 Å². The smallest absolute Gasteiger partial charge is 0.253 e. The van der Waals surface area contributed by atoms with E-state index >= 15 is 0 Å². The molecule has 0 saturated heterocycles. The fourth-order valence-electron chi connectivity index (χ4n) is 4.71. The lowest BCUT2D eigenvalue weighted by molar-refractivity contribution is 0.0919. The van der Waals surface area contributed by atoms with Gasteiger partial charge in [0.15, 0.2) is 11.6 Å². The van der Waals surface area contributed by atoms with Gasteiger partial charge in [-0.25, -0.2) is 18.7 Å². The Morgan fingerprint density at radius 3 is 2.91 bits per heavy atom. The summed E-state index contributed by atoms with van der Waals surface area (Å²) in [5.41, 5.74) is 2.98. The number of amides is 1. The topological polar surface area (TPSA) is 80.7 Å². The molecule has 5 rings (SSSR count). The van der Waals surface area contributed by atoms with Crippen LogP contribution in [0.15, 0.2) is 49.1 Å². The number of nitrogens with zero attached hydrogens (tertiary/aromatic N) is 4. The van der Waals surface area contributed by atoms with Crippen LogP contribution in [0.1, 0.15) is 58.8 Å². The van der Waals surface area contributed by atoms with Crippen molar-refractivity contribution in [3.05, 3.63) is 89.0 Å². The molecule has 0 radical (unpaired) electrons. The Morgan fingerprint density at radius 1 is 1.15 bits per heavy atom. The van der Waals surface area contributed by atoms with Gasteiger partial charge in [0.05, 0.1) is 29.3 Å². The molecule has 0 unspecified atom stereocenters. The van der Waals surface area contributed by atoms with Crippen molar-refractivity contribution in [3.8, 4) is 0 Å². The Bertz CT molecular complexity index is 1210. The van der Waals surface area contributed by atoms with E-state index in [4.69, 9.17) is 0 Å². The summed E-state index contributed by atoms with van der Waals surface area (Å²) in [5.74, 6) is -0.437. The molecule has 3 heterocycles. The van der Waals surface area contributed by atoms with E-state index in [-0.39, 0.29) is 17.9 Å². The van der Waals surface area contributed by atoms with Crippen molar-refractivity contribution in [1.29, 1.82) is 0 Å². The zero-order valence-corrected chi connectivity index (χ0v) is 18.0. The second kappa shape index (κ2) is 9.13. The fraction of sp³-hybridized carbons (Fsp3) is 0.320. The summed E-state index contributed by atoms with van der Waals surface area (Å²) in [4.78, 5) is 29.3. The highest BCUT2D eigenvalue weighted by Gasteiger charge is 2.26. The number of nitrogens with one attached hydrogen (secondary N) is 1. The molecule has 33 heavy (non-hydrogen) atoms. The number of carbonyl (C=O) groups excluding carboxylic acids is 1. The van der Waals surface area contributed by atoms with E-state index in [9.17, 15) is 13.6 Å². The molecule has 3 aromatic rings. The normalized spacial score (nSPS) is 19.6. The fourth-order valence-corrected chi connectivity index (χ4v) is 4.71. The van der Waals surface area contributed by atoms with Gasteiger partial charge in [-0.15, -0.1) is 0 Å². The maximum Gasteiger partial charge on any atom is 0.253 e. The maximum absolute atomic E-state index is 14.6. The molecule has 2 atom stereocenters. The van der Waals surface area contributed by atoms with Crippen molar-refractivity contribution in [3.63, 3.8) is 0 Å². The minimum absolute atomic E-state index is 0.0271. The quantitative estimate of drug-likeness (QED) is 0.638. The van der Waals surface area contributed by atoms with E-state index in [1.165, 1.54) is 18.5 Å². The van der Waals surface area contributed by atoms with Gasteiger partial charge >= 0.3 is 0 Å². The van der Waals surface area contributed by atoms with Crippen LogP contribution in [0.5, 0.6) is 0 Å². The molecule has 1 amide bonds. The monoisotopic (exact) mass is 447 g/mol. The van der Waals surface area contributed by atoms with E-state index in [1.807, 2.05) is 6.08 Å². The molecular formula is C25H23F2N5O. The van der Waals surface area contributed by atoms with E-state index in [1.54, 1.807) is 24.5 Å². The third-order valence-corrected chi connectivity index (χ3v) is 6.31. The lowest BCUT2D eigenvalue weighted by atomic mass is 9.83. The third kappa shape index (κ3) is 4.65. The lowest BCUT2D eigenvalue weighted by Gasteiger charge is -2.29. The molecule has 2 aliphatic carbocycles. The molecule has 0 spiro atoms. The first-order chi connectivity index (χ1) is 16.1. The first-order valence-corrected chi connectivity index (χ1v) is 11.1. The van der Waals surface area contributed by atoms with Gasteiger partial charge in [0, 0.05) is 36.0 Å². The van der Waals surface area contributed by atoms with Crippen LogP contribution in [-0.2, 0) is 12.8 Å². The van der Waals surface area contributed by atoms with Crippen molar-refractivity contribution < 1.29 is 13.6 Å². The van der Waals surface area contributed by atoms with Crippen LogP contribution in [0.2, 0.25) is 0 Å². The second-order valence-electron chi connectivity index (χ2n) is 8.61. The van der Waals surface area contributed by atoms with Gasteiger partial charge < -0.3 is 5.32 Å². The SMILES string of the molecule is O=C(N[C@H]1CCC[C@@H](Cc2nc(C3=CCc4ncc(F)cc43)ncc2F)C1)c1cccnc1. The Kier molecular flexibility index (Phi) is 5.90. The minimum Gasteiger partial charge on any atom is -0.349 e. The highest BCUT2D eigenvalue weighted by atomic mass is 19.1. The average molecular weight is 447 g/mol. The summed E-state index contributed by atoms with van der Waals surface area (Å²) in [6, 6.07) is 4.91. The zero-order valence-electron chi connectivity index (χ0n) is 18.0. The van der Waals surface area contributed by atoms with Crippen molar-refractivity contribution in [1.82, 2.24) is 25.3 Å². The number of carbonyl (C=O) groups is 1. The van der Waals surface area contributed by atoms with Gasteiger partial charge in [-0.3, -0.25) is 14.8 Å². The average Bonchev–Trinajstić information content (AvgIpc) is 3.24. The van der Waals surface area contributed by atoms with Crippen molar-refractivity contribution in [2.75, 3.05) is 0 Å². The van der Waals surface area contributed by atoms with E-state index < -0.39 is 11.6 Å². The van der Waals surface area contributed by atoms with Gasteiger partial charge in [-0.05, 0) is 49.8 Å². The van der Waals surface area contributed by atoms with Crippen molar-refractivity contribution >= 4 is 11.5 Å². The van der Waals surface area contributed by atoms with Crippen molar-refractivity contribution in [2.24, 2.45) is 5.92 Å². The molecular weight excluding hydrogens is 424 g/mol. The number of rotatable bonds is 5. The molecule has 0 aromatic carbocycles. The maximum atomic E-state index is 14.6. The van der Waals surface area contributed by atoms with Gasteiger partial charge in [0.2, 0.25) is 0 Å². The molecule has 3 aromatic heterocycles. The standard InChI is InChI=1S/C25H23F2N5O/c26-17-11-20-19(6-7-22(20)29-13-17)24-30-14-21(27)23(32-24)10-15-3-1-5-18(9-15)31-25(33)16-4-2-8-28-12-16/h2,4,6,8,11-15,18H,1,3,5,7,9-10H2,(H,31,33)/t15-,18+/m1/s1. The van der Waals surface area contributed by atoms with Gasteiger partial charge in [0.1, 0.15) is 5.82 Å². The van der Waals surface area contributed by atoms with Crippen molar-refractivity contribution in [2.45, 2.75) is 44.6 Å². The Hall–Kier alpha value is -3.55. The third-order valence-electron chi connectivity index (χ3n) is 6.31. The summed E-state index contributed by atoms with van der Waals surface area (Å²) >= 11 is 0.